The standard InChI is InChI=1S/C16H16F3NO6S/c1-9-7-12(26-27(23,24)16(17,18)19)11(8-21)10-5-6-20(13(9)10)14(22)25-15(2,3)4/h5-8H,1-4H3. The summed E-state index contributed by atoms with van der Waals surface area (Å²) in [7, 11) is -5.96. The first-order chi connectivity index (χ1) is 12.2. The minimum atomic E-state index is -5.96. The number of hydrogen-bond donors (Lipinski definition) is 0. The van der Waals surface area contributed by atoms with E-state index in [9.17, 15) is 31.2 Å². The zero-order chi connectivity index (χ0) is 20.8. The Balaban J connectivity index is 2.64. The van der Waals surface area contributed by atoms with Crippen LogP contribution in [0.15, 0.2) is 18.3 Å². The van der Waals surface area contributed by atoms with Crippen LogP contribution in [-0.4, -0.2) is 36.5 Å². The number of nitrogens with zero attached hydrogens (tertiary/aromatic N) is 1. The minimum Gasteiger partial charge on any atom is -0.443 e. The fourth-order valence-electron chi connectivity index (χ4n) is 2.35. The zero-order valence-electron chi connectivity index (χ0n) is 14.7. The molecule has 1 aromatic carbocycles. The van der Waals surface area contributed by atoms with Gasteiger partial charge in [-0.2, -0.15) is 21.6 Å². The summed E-state index contributed by atoms with van der Waals surface area (Å²) in [6, 6.07) is 2.22. The lowest BCUT2D eigenvalue weighted by molar-refractivity contribution is -0.0500. The first-order valence-corrected chi connectivity index (χ1v) is 8.92. The van der Waals surface area contributed by atoms with Crippen molar-refractivity contribution in [1.82, 2.24) is 4.57 Å². The quantitative estimate of drug-likeness (QED) is 0.437. The van der Waals surface area contributed by atoms with E-state index >= 15 is 0 Å². The Bertz CT molecular complexity index is 1020. The molecule has 0 saturated carbocycles. The Morgan fingerprint density at radius 3 is 2.30 bits per heavy atom. The third-order valence-electron chi connectivity index (χ3n) is 3.35. The lowest BCUT2D eigenvalue weighted by Gasteiger charge is -2.20. The molecule has 0 unspecified atom stereocenters. The number of aldehydes is 1. The number of rotatable bonds is 3. The third-order valence-corrected chi connectivity index (χ3v) is 4.32. The lowest BCUT2D eigenvalue weighted by atomic mass is 10.1. The number of aryl methyl sites for hydroxylation is 1. The molecule has 0 amide bonds. The van der Waals surface area contributed by atoms with Crippen molar-refractivity contribution in [2.75, 3.05) is 0 Å². The van der Waals surface area contributed by atoms with Gasteiger partial charge >= 0.3 is 21.7 Å². The fraction of sp³-hybridized carbons (Fsp3) is 0.375. The summed E-state index contributed by atoms with van der Waals surface area (Å²) in [5.41, 5.74) is -6.51. The van der Waals surface area contributed by atoms with Crippen LogP contribution in [-0.2, 0) is 14.9 Å². The number of benzene rings is 1. The Morgan fingerprint density at radius 1 is 1.22 bits per heavy atom. The monoisotopic (exact) mass is 407 g/mol. The molecule has 0 saturated heterocycles. The van der Waals surface area contributed by atoms with Crippen molar-refractivity contribution in [3.05, 3.63) is 29.5 Å². The highest BCUT2D eigenvalue weighted by atomic mass is 32.2. The molecular formula is C16H16F3NO6S. The topological polar surface area (TPSA) is 91.7 Å². The van der Waals surface area contributed by atoms with Crippen LogP contribution in [0.5, 0.6) is 5.75 Å². The first kappa shape index (κ1) is 20.7. The van der Waals surface area contributed by atoms with Gasteiger partial charge in [-0.15, -0.1) is 0 Å². The van der Waals surface area contributed by atoms with Gasteiger partial charge in [-0.1, -0.05) is 0 Å². The van der Waals surface area contributed by atoms with Crippen molar-refractivity contribution in [2.24, 2.45) is 0 Å². The molecule has 1 aromatic heterocycles. The molecule has 0 aliphatic rings. The van der Waals surface area contributed by atoms with E-state index in [-0.39, 0.29) is 22.8 Å². The van der Waals surface area contributed by atoms with Gasteiger partial charge in [-0.3, -0.25) is 9.36 Å². The summed E-state index contributed by atoms with van der Waals surface area (Å²) in [6.45, 7) is 6.36. The number of hydrogen-bond acceptors (Lipinski definition) is 6. The van der Waals surface area contributed by atoms with Gasteiger partial charge in [0, 0.05) is 11.6 Å². The summed E-state index contributed by atoms with van der Waals surface area (Å²) >= 11 is 0. The molecule has 0 N–H and O–H groups in total. The maximum atomic E-state index is 12.6. The molecule has 0 bridgehead atoms. The van der Waals surface area contributed by atoms with E-state index < -0.39 is 38.6 Å². The first-order valence-electron chi connectivity index (χ1n) is 7.52. The van der Waals surface area contributed by atoms with Crippen molar-refractivity contribution < 1.29 is 40.1 Å². The Labute approximate surface area is 152 Å². The molecule has 27 heavy (non-hydrogen) atoms. The van der Waals surface area contributed by atoms with Gasteiger partial charge < -0.3 is 8.92 Å². The van der Waals surface area contributed by atoms with Crippen LogP contribution in [0.3, 0.4) is 0 Å². The third kappa shape index (κ3) is 4.07. The van der Waals surface area contributed by atoms with Gasteiger partial charge in [0.15, 0.2) is 12.0 Å². The molecule has 0 atom stereocenters. The largest absolute Gasteiger partial charge is 0.534 e. The van der Waals surface area contributed by atoms with Crippen LogP contribution in [0.25, 0.3) is 10.9 Å². The van der Waals surface area contributed by atoms with Crippen LogP contribution in [0.4, 0.5) is 18.0 Å². The number of alkyl halides is 3. The van der Waals surface area contributed by atoms with Gasteiger partial charge in [0.05, 0.1) is 11.1 Å². The van der Waals surface area contributed by atoms with Crippen LogP contribution < -0.4 is 4.18 Å². The van der Waals surface area contributed by atoms with Crippen LogP contribution in [0.2, 0.25) is 0 Å². The predicted molar refractivity (Wildman–Crippen MR) is 89.3 cm³/mol. The SMILES string of the molecule is Cc1cc(OS(=O)(=O)C(F)(F)F)c(C=O)c2ccn(C(=O)OC(C)(C)C)c12. The minimum absolute atomic E-state index is 0.0447. The Kier molecular flexibility index (Phi) is 5.04. The molecule has 0 radical (unpaired) electrons. The number of ether oxygens (including phenoxy) is 1. The van der Waals surface area contributed by atoms with Gasteiger partial charge in [-0.25, -0.2) is 4.79 Å². The summed E-state index contributed by atoms with van der Waals surface area (Å²) in [4.78, 5) is 23.7. The van der Waals surface area contributed by atoms with Gasteiger partial charge in [0.2, 0.25) is 0 Å². The van der Waals surface area contributed by atoms with E-state index in [0.717, 1.165) is 10.6 Å². The fourth-order valence-corrected chi connectivity index (χ4v) is 2.82. The molecule has 148 valence electrons. The number of carbonyl (C=O) groups is 2. The lowest BCUT2D eigenvalue weighted by Crippen LogP contribution is -2.28. The predicted octanol–water partition coefficient (Wildman–Crippen LogP) is 3.77. The van der Waals surface area contributed by atoms with Crippen LogP contribution >= 0.6 is 0 Å². The zero-order valence-corrected chi connectivity index (χ0v) is 15.6. The normalized spacial score (nSPS) is 12.9. The molecule has 0 spiro atoms. The van der Waals surface area contributed by atoms with Crippen molar-refractivity contribution in [1.29, 1.82) is 0 Å². The van der Waals surface area contributed by atoms with E-state index in [0.29, 0.717) is 0 Å². The van der Waals surface area contributed by atoms with E-state index in [1.807, 2.05) is 0 Å². The van der Waals surface area contributed by atoms with E-state index in [1.54, 1.807) is 20.8 Å². The molecule has 0 fully saturated rings. The molecule has 2 aromatic rings. The van der Waals surface area contributed by atoms with E-state index in [4.69, 9.17) is 4.74 Å². The van der Waals surface area contributed by atoms with E-state index in [1.165, 1.54) is 19.2 Å². The second-order valence-electron chi connectivity index (χ2n) is 6.63. The van der Waals surface area contributed by atoms with Gasteiger partial charge in [0.25, 0.3) is 0 Å². The smallest absolute Gasteiger partial charge is 0.443 e. The number of halogens is 3. The molecule has 7 nitrogen and oxygen atoms in total. The maximum Gasteiger partial charge on any atom is 0.534 e. The summed E-state index contributed by atoms with van der Waals surface area (Å²) in [5.74, 6) is -0.783. The molecule has 2 rings (SSSR count). The molecule has 0 aliphatic heterocycles. The number of aromatic nitrogens is 1. The van der Waals surface area contributed by atoms with Crippen LogP contribution in [0, 0.1) is 6.92 Å². The Hall–Kier alpha value is -2.56. The average molecular weight is 407 g/mol. The van der Waals surface area contributed by atoms with Crippen molar-refractivity contribution in [3.63, 3.8) is 0 Å². The van der Waals surface area contributed by atoms with Crippen LogP contribution in [0.1, 0.15) is 36.7 Å². The average Bonchev–Trinajstić information content (AvgIpc) is 2.89. The number of fused-ring (bicyclic) bond motifs is 1. The second-order valence-corrected chi connectivity index (χ2v) is 8.17. The number of carbonyl (C=O) groups excluding carboxylic acids is 2. The highest BCUT2D eigenvalue weighted by Crippen LogP contribution is 2.34. The van der Waals surface area contributed by atoms with Gasteiger partial charge in [-0.05, 0) is 45.4 Å². The summed E-state index contributed by atoms with van der Waals surface area (Å²) in [5, 5.41) is 0.0447. The second kappa shape index (κ2) is 6.55. The molecule has 1 heterocycles. The maximum absolute atomic E-state index is 12.6. The van der Waals surface area contributed by atoms with E-state index in [2.05, 4.69) is 4.18 Å². The molecular weight excluding hydrogens is 391 g/mol. The molecule has 0 aliphatic carbocycles. The van der Waals surface area contributed by atoms with Crippen molar-refractivity contribution in [2.45, 2.75) is 38.8 Å². The highest BCUT2D eigenvalue weighted by Gasteiger charge is 2.49. The highest BCUT2D eigenvalue weighted by molar-refractivity contribution is 7.88. The van der Waals surface area contributed by atoms with Crippen molar-refractivity contribution in [3.8, 4) is 5.75 Å². The molecule has 11 heteroatoms. The summed E-state index contributed by atoms with van der Waals surface area (Å²) in [6.07, 6.45) is 0.650. The van der Waals surface area contributed by atoms with Gasteiger partial charge in [0.1, 0.15) is 5.60 Å². The Morgan fingerprint density at radius 2 is 1.81 bits per heavy atom. The van der Waals surface area contributed by atoms with Crippen molar-refractivity contribution >= 4 is 33.4 Å². The summed E-state index contributed by atoms with van der Waals surface area (Å²) < 4.78 is 70.7.